The van der Waals surface area contributed by atoms with Crippen LogP contribution in [0.1, 0.15) is 72.1 Å². The third-order valence-electron chi connectivity index (χ3n) is 3.33. The molecule has 0 unspecified atom stereocenters. The van der Waals surface area contributed by atoms with Gasteiger partial charge < -0.3 is 11.1 Å². The second-order valence-corrected chi connectivity index (χ2v) is 6.00. The van der Waals surface area contributed by atoms with Crippen molar-refractivity contribution in [2.24, 2.45) is 11.1 Å². The molecular weight excluding hydrogens is 224 g/mol. The van der Waals surface area contributed by atoms with Gasteiger partial charge in [-0.1, -0.05) is 46.5 Å². The molecule has 0 spiro atoms. The maximum atomic E-state index is 11.7. The molecule has 3 heteroatoms. The van der Waals surface area contributed by atoms with Gasteiger partial charge in [-0.15, -0.1) is 0 Å². The number of nitrogens with two attached hydrogens (primary N) is 1. The van der Waals surface area contributed by atoms with Crippen molar-refractivity contribution in [1.29, 1.82) is 0 Å². The standard InChI is InChI=1S/C15H32N2O/c1-4-5-6-7-8-10-14(18)17-13-15(2,3)11-9-12-16/h4-13,16H2,1-3H3,(H,17,18). The van der Waals surface area contributed by atoms with Crippen molar-refractivity contribution >= 4 is 5.91 Å². The molecule has 0 saturated heterocycles. The molecule has 0 fully saturated rings. The summed E-state index contributed by atoms with van der Waals surface area (Å²) in [5.41, 5.74) is 5.67. The lowest BCUT2D eigenvalue weighted by Crippen LogP contribution is -2.34. The molecule has 0 aliphatic carbocycles. The van der Waals surface area contributed by atoms with Crippen molar-refractivity contribution in [3.8, 4) is 0 Å². The lowest BCUT2D eigenvalue weighted by atomic mass is 9.87. The molecule has 0 aromatic carbocycles. The maximum absolute atomic E-state index is 11.7. The molecule has 3 N–H and O–H groups in total. The number of nitrogens with one attached hydrogen (secondary N) is 1. The molecule has 0 rings (SSSR count). The number of hydrogen-bond acceptors (Lipinski definition) is 2. The molecule has 0 aromatic heterocycles. The Morgan fingerprint density at radius 2 is 1.78 bits per heavy atom. The highest BCUT2D eigenvalue weighted by Crippen LogP contribution is 2.20. The fourth-order valence-corrected chi connectivity index (χ4v) is 1.98. The molecule has 1 amide bonds. The van der Waals surface area contributed by atoms with Crippen molar-refractivity contribution in [1.82, 2.24) is 5.32 Å². The number of amides is 1. The Morgan fingerprint density at radius 3 is 2.39 bits per heavy atom. The normalized spacial score (nSPS) is 11.6. The Hall–Kier alpha value is -0.570. The minimum Gasteiger partial charge on any atom is -0.356 e. The number of rotatable bonds is 11. The van der Waals surface area contributed by atoms with Crippen molar-refractivity contribution in [2.75, 3.05) is 13.1 Å². The minimum absolute atomic E-state index is 0.164. The molecule has 0 bridgehead atoms. The minimum atomic E-state index is 0.164. The molecule has 108 valence electrons. The number of carbonyl (C=O) groups excluding carboxylic acids is 1. The summed E-state index contributed by atoms with van der Waals surface area (Å²) >= 11 is 0. The van der Waals surface area contributed by atoms with Crippen LogP contribution in [-0.4, -0.2) is 19.0 Å². The maximum Gasteiger partial charge on any atom is 0.220 e. The van der Waals surface area contributed by atoms with Crippen molar-refractivity contribution in [3.63, 3.8) is 0 Å². The molecule has 18 heavy (non-hydrogen) atoms. The van der Waals surface area contributed by atoms with Gasteiger partial charge in [-0.3, -0.25) is 4.79 Å². The molecule has 0 heterocycles. The highest BCUT2D eigenvalue weighted by molar-refractivity contribution is 5.75. The lowest BCUT2D eigenvalue weighted by Gasteiger charge is -2.24. The predicted octanol–water partition coefficient (Wildman–Crippen LogP) is 3.23. The average molecular weight is 256 g/mol. The Balaban J connectivity index is 3.56. The van der Waals surface area contributed by atoms with E-state index in [1.165, 1.54) is 25.7 Å². The van der Waals surface area contributed by atoms with Gasteiger partial charge in [-0.05, 0) is 31.2 Å². The Bertz CT molecular complexity index is 215. The van der Waals surface area contributed by atoms with E-state index in [0.717, 1.165) is 32.4 Å². The van der Waals surface area contributed by atoms with Crippen LogP contribution < -0.4 is 11.1 Å². The topological polar surface area (TPSA) is 55.1 Å². The summed E-state index contributed by atoms with van der Waals surface area (Å²) in [6.07, 6.45) is 8.77. The van der Waals surface area contributed by atoms with E-state index >= 15 is 0 Å². The SMILES string of the molecule is CCCCCCCC(=O)NCC(C)(C)CCCN. The van der Waals surface area contributed by atoms with Gasteiger partial charge in [0.25, 0.3) is 0 Å². The number of carbonyl (C=O) groups is 1. The molecule has 3 nitrogen and oxygen atoms in total. The first-order valence-electron chi connectivity index (χ1n) is 7.48. The summed E-state index contributed by atoms with van der Waals surface area (Å²) in [7, 11) is 0. The molecule has 0 aromatic rings. The lowest BCUT2D eigenvalue weighted by molar-refractivity contribution is -0.121. The highest BCUT2D eigenvalue weighted by Gasteiger charge is 2.17. The fraction of sp³-hybridized carbons (Fsp3) is 0.933. The van der Waals surface area contributed by atoms with Gasteiger partial charge in [0.15, 0.2) is 0 Å². The van der Waals surface area contributed by atoms with Crippen LogP contribution in [-0.2, 0) is 4.79 Å². The zero-order chi connectivity index (χ0) is 13.9. The number of unbranched alkanes of at least 4 members (excludes halogenated alkanes) is 4. The third kappa shape index (κ3) is 10.6. The Morgan fingerprint density at radius 1 is 1.11 bits per heavy atom. The highest BCUT2D eigenvalue weighted by atomic mass is 16.1. The van der Waals surface area contributed by atoms with Crippen molar-refractivity contribution in [2.45, 2.75) is 72.1 Å². The van der Waals surface area contributed by atoms with Gasteiger partial charge in [0.05, 0.1) is 0 Å². The predicted molar refractivity (Wildman–Crippen MR) is 78.5 cm³/mol. The van der Waals surface area contributed by atoms with Crippen LogP contribution in [0.2, 0.25) is 0 Å². The van der Waals surface area contributed by atoms with E-state index in [2.05, 4.69) is 26.1 Å². The molecule has 0 saturated carbocycles. The van der Waals surface area contributed by atoms with Gasteiger partial charge in [0, 0.05) is 13.0 Å². The quantitative estimate of drug-likeness (QED) is 0.558. The van der Waals surface area contributed by atoms with E-state index in [0.29, 0.717) is 6.42 Å². The van der Waals surface area contributed by atoms with Crippen LogP contribution >= 0.6 is 0 Å². The first-order valence-corrected chi connectivity index (χ1v) is 7.48. The zero-order valence-corrected chi connectivity index (χ0v) is 12.6. The molecule has 0 aliphatic rings. The van der Waals surface area contributed by atoms with Crippen LogP contribution in [0.25, 0.3) is 0 Å². The van der Waals surface area contributed by atoms with Gasteiger partial charge in [-0.2, -0.15) is 0 Å². The van der Waals surface area contributed by atoms with E-state index in [1.807, 2.05) is 0 Å². The van der Waals surface area contributed by atoms with E-state index in [9.17, 15) is 4.79 Å². The smallest absolute Gasteiger partial charge is 0.220 e. The molecule has 0 aliphatic heterocycles. The summed E-state index contributed by atoms with van der Waals surface area (Å²) in [5.74, 6) is 0.201. The molecule has 0 atom stereocenters. The first-order chi connectivity index (χ1) is 8.52. The first kappa shape index (κ1) is 17.4. The number of hydrogen-bond donors (Lipinski definition) is 2. The summed E-state index contributed by atoms with van der Waals surface area (Å²) in [5, 5.41) is 3.04. The fourth-order valence-electron chi connectivity index (χ4n) is 1.98. The second kappa shape index (κ2) is 10.4. The van der Waals surface area contributed by atoms with E-state index in [1.54, 1.807) is 0 Å². The van der Waals surface area contributed by atoms with Crippen LogP contribution in [0.4, 0.5) is 0 Å². The third-order valence-corrected chi connectivity index (χ3v) is 3.33. The van der Waals surface area contributed by atoms with Crippen LogP contribution in [0.5, 0.6) is 0 Å². The average Bonchev–Trinajstić information content (AvgIpc) is 2.34. The van der Waals surface area contributed by atoms with Gasteiger partial charge in [0.2, 0.25) is 5.91 Å². The van der Waals surface area contributed by atoms with Crippen molar-refractivity contribution in [3.05, 3.63) is 0 Å². The molecule has 0 radical (unpaired) electrons. The van der Waals surface area contributed by atoms with Crippen LogP contribution in [0, 0.1) is 5.41 Å². The Labute approximate surface area is 113 Å². The van der Waals surface area contributed by atoms with E-state index < -0.39 is 0 Å². The largest absolute Gasteiger partial charge is 0.356 e. The van der Waals surface area contributed by atoms with Crippen LogP contribution in [0.15, 0.2) is 0 Å². The van der Waals surface area contributed by atoms with E-state index in [4.69, 9.17) is 5.73 Å². The monoisotopic (exact) mass is 256 g/mol. The second-order valence-electron chi connectivity index (χ2n) is 6.00. The molecular formula is C15H32N2O. The van der Waals surface area contributed by atoms with Gasteiger partial charge in [0.1, 0.15) is 0 Å². The summed E-state index contributed by atoms with van der Waals surface area (Å²) in [4.78, 5) is 11.7. The summed E-state index contributed by atoms with van der Waals surface area (Å²) in [6, 6.07) is 0. The van der Waals surface area contributed by atoms with Gasteiger partial charge in [-0.25, -0.2) is 0 Å². The Kier molecular flexibility index (Phi) is 10.0. The summed E-state index contributed by atoms with van der Waals surface area (Å²) in [6.45, 7) is 8.07. The van der Waals surface area contributed by atoms with Crippen molar-refractivity contribution < 1.29 is 4.79 Å². The van der Waals surface area contributed by atoms with E-state index in [-0.39, 0.29) is 11.3 Å². The van der Waals surface area contributed by atoms with Crippen LogP contribution in [0.3, 0.4) is 0 Å². The van der Waals surface area contributed by atoms with Gasteiger partial charge >= 0.3 is 0 Å². The summed E-state index contributed by atoms with van der Waals surface area (Å²) < 4.78 is 0. The zero-order valence-electron chi connectivity index (χ0n) is 12.6.